The minimum Gasteiger partial charge on any atom is -0.381 e. The normalized spacial score (nSPS) is 22.9. The third-order valence-corrected chi connectivity index (χ3v) is 3.61. The fraction of sp³-hybridized carbons (Fsp3) is 0.455. The lowest BCUT2D eigenvalue weighted by atomic mass is 10.2. The highest BCUT2D eigenvalue weighted by molar-refractivity contribution is 9.10. The summed E-state index contributed by atoms with van der Waals surface area (Å²) in [6.07, 6.45) is 2.38. The summed E-state index contributed by atoms with van der Waals surface area (Å²) >= 11 is 3.35. The van der Waals surface area contributed by atoms with Crippen LogP contribution in [0.15, 0.2) is 22.7 Å². The molecule has 1 aliphatic carbocycles. The van der Waals surface area contributed by atoms with Crippen LogP contribution in [0.4, 0.5) is 11.4 Å². The first kappa shape index (κ1) is 11.4. The monoisotopic (exact) mass is 284 g/mol. The highest BCUT2D eigenvalue weighted by Gasteiger charge is 2.35. The van der Waals surface area contributed by atoms with Crippen molar-refractivity contribution in [2.45, 2.75) is 25.8 Å². The fourth-order valence-corrected chi connectivity index (χ4v) is 2.29. The zero-order chi connectivity index (χ0) is 11.7. The van der Waals surface area contributed by atoms with Crippen molar-refractivity contribution < 1.29 is 4.92 Å². The van der Waals surface area contributed by atoms with E-state index in [1.54, 1.807) is 6.07 Å². The molecule has 1 aromatic carbocycles. The molecular formula is C11H13BrN2O2. The van der Waals surface area contributed by atoms with Gasteiger partial charge in [0.15, 0.2) is 0 Å². The van der Waals surface area contributed by atoms with Crippen LogP contribution < -0.4 is 5.32 Å². The van der Waals surface area contributed by atoms with Crippen LogP contribution in [0.3, 0.4) is 0 Å². The van der Waals surface area contributed by atoms with Gasteiger partial charge in [0.05, 0.1) is 4.92 Å². The Morgan fingerprint density at radius 2 is 2.38 bits per heavy atom. The van der Waals surface area contributed by atoms with E-state index in [1.807, 2.05) is 0 Å². The van der Waals surface area contributed by atoms with Crippen LogP contribution in [-0.2, 0) is 0 Å². The van der Waals surface area contributed by atoms with Gasteiger partial charge in [-0.05, 0) is 34.3 Å². The van der Waals surface area contributed by atoms with Crippen molar-refractivity contribution in [2.24, 2.45) is 5.92 Å². The molecule has 2 atom stereocenters. The minimum atomic E-state index is -0.388. The lowest BCUT2D eigenvalue weighted by Crippen LogP contribution is -2.04. The maximum absolute atomic E-state index is 10.6. The zero-order valence-electron chi connectivity index (χ0n) is 8.94. The lowest BCUT2D eigenvalue weighted by molar-refractivity contribution is -0.384. The van der Waals surface area contributed by atoms with Crippen molar-refractivity contribution in [3.8, 4) is 0 Å². The Kier molecular flexibility index (Phi) is 3.14. The third-order valence-electron chi connectivity index (χ3n) is 2.95. The third kappa shape index (κ3) is 2.35. The van der Waals surface area contributed by atoms with E-state index in [0.29, 0.717) is 6.04 Å². The van der Waals surface area contributed by atoms with E-state index in [9.17, 15) is 10.1 Å². The first-order valence-electron chi connectivity index (χ1n) is 5.32. The summed E-state index contributed by atoms with van der Waals surface area (Å²) in [6, 6.07) is 5.35. The summed E-state index contributed by atoms with van der Waals surface area (Å²) in [7, 11) is 0. The molecular weight excluding hydrogens is 272 g/mol. The van der Waals surface area contributed by atoms with E-state index in [4.69, 9.17) is 0 Å². The van der Waals surface area contributed by atoms with Crippen LogP contribution in [-0.4, -0.2) is 11.0 Å². The number of hydrogen-bond acceptors (Lipinski definition) is 3. The van der Waals surface area contributed by atoms with Gasteiger partial charge in [-0.3, -0.25) is 10.1 Å². The Morgan fingerprint density at radius 1 is 1.62 bits per heavy atom. The molecule has 0 aliphatic heterocycles. The highest BCUT2D eigenvalue weighted by atomic mass is 79.9. The van der Waals surface area contributed by atoms with Gasteiger partial charge in [0, 0.05) is 28.3 Å². The Hall–Kier alpha value is -1.10. The van der Waals surface area contributed by atoms with Crippen LogP contribution in [0, 0.1) is 16.0 Å². The van der Waals surface area contributed by atoms with Gasteiger partial charge in [-0.2, -0.15) is 0 Å². The van der Waals surface area contributed by atoms with Gasteiger partial charge in [0.2, 0.25) is 0 Å². The molecule has 1 saturated carbocycles. The number of benzene rings is 1. The van der Waals surface area contributed by atoms with Gasteiger partial charge < -0.3 is 5.32 Å². The Balaban J connectivity index is 2.08. The molecule has 0 saturated heterocycles. The van der Waals surface area contributed by atoms with E-state index in [1.165, 1.54) is 25.0 Å². The molecule has 16 heavy (non-hydrogen) atoms. The number of rotatable bonds is 4. The molecule has 0 bridgehead atoms. The van der Waals surface area contributed by atoms with E-state index in [2.05, 4.69) is 28.2 Å². The van der Waals surface area contributed by atoms with Crippen molar-refractivity contribution in [3.05, 3.63) is 32.8 Å². The number of non-ortho nitro benzene ring substituents is 1. The second-order valence-corrected chi connectivity index (χ2v) is 4.93. The van der Waals surface area contributed by atoms with Crippen LogP contribution >= 0.6 is 15.9 Å². The molecule has 0 spiro atoms. The number of nitro benzene ring substituents is 1. The number of nitrogens with zero attached hydrogens (tertiary/aromatic N) is 1. The minimum absolute atomic E-state index is 0.111. The quantitative estimate of drug-likeness (QED) is 0.679. The maximum Gasteiger partial charge on any atom is 0.270 e. The summed E-state index contributed by atoms with van der Waals surface area (Å²) in [5, 5.41) is 13.9. The van der Waals surface area contributed by atoms with E-state index < -0.39 is 0 Å². The average molecular weight is 285 g/mol. The molecule has 0 amide bonds. The van der Waals surface area contributed by atoms with E-state index in [0.717, 1.165) is 16.1 Å². The summed E-state index contributed by atoms with van der Waals surface area (Å²) < 4.78 is 0.753. The van der Waals surface area contributed by atoms with E-state index >= 15 is 0 Å². The number of nitrogens with one attached hydrogen (secondary N) is 1. The van der Waals surface area contributed by atoms with Gasteiger partial charge in [-0.15, -0.1) is 0 Å². The molecule has 2 unspecified atom stereocenters. The molecule has 1 aliphatic rings. The van der Waals surface area contributed by atoms with Crippen molar-refractivity contribution >= 4 is 27.3 Å². The zero-order valence-corrected chi connectivity index (χ0v) is 10.5. The first-order chi connectivity index (χ1) is 7.61. The van der Waals surface area contributed by atoms with Gasteiger partial charge >= 0.3 is 0 Å². The summed E-state index contributed by atoms with van der Waals surface area (Å²) in [5.74, 6) is 0.752. The predicted molar refractivity (Wildman–Crippen MR) is 66.6 cm³/mol. The largest absolute Gasteiger partial charge is 0.381 e. The number of hydrogen-bond donors (Lipinski definition) is 1. The molecule has 0 aromatic heterocycles. The highest BCUT2D eigenvalue weighted by Crippen LogP contribution is 2.38. The summed E-state index contributed by atoms with van der Waals surface area (Å²) in [4.78, 5) is 10.2. The van der Waals surface area contributed by atoms with Crippen LogP contribution in [0.1, 0.15) is 19.8 Å². The van der Waals surface area contributed by atoms with Crippen LogP contribution in [0.5, 0.6) is 0 Å². The lowest BCUT2D eigenvalue weighted by Gasteiger charge is -2.07. The van der Waals surface area contributed by atoms with Gasteiger partial charge in [0.1, 0.15) is 0 Å². The number of halogens is 1. The second kappa shape index (κ2) is 4.41. The summed E-state index contributed by atoms with van der Waals surface area (Å²) in [5.41, 5.74) is 1.05. The Bertz CT molecular complexity index is 422. The summed E-state index contributed by atoms with van der Waals surface area (Å²) in [6.45, 7) is 2.18. The van der Waals surface area contributed by atoms with Gasteiger partial charge in [0.25, 0.3) is 5.69 Å². The molecule has 2 rings (SSSR count). The molecule has 1 N–H and O–H groups in total. The topological polar surface area (TPSA) is 55.2 Å². The van der Waals surface area contributed by atoms with Crippen LogP contribution in [0.25, 0.3) is 0 Å². The Labute approximate surface area is 102 Å². The maximum atomic E-state index is 10.6. The number of nitro groups is 1. The Morgan fingerprint density at radius 3 is 2.88 bits per heavy atom. The second-order valence-electron chi connectivity index (χ2n) is 4.08. The molecule has 0 heterocycles. The van der Waals surface area contributed by atoms with Crippen molar-refractivity contribution in [3.63, 3.8) is 0 Å². The molecule has 1 aromatic rings. The van der Waals surface area contributed by atoms with Crippen LogP contribution in [0.2, 0.25) is 0 Å². The number of anilines is 1. The van der Waals surface area contributed by atoms with Crippen molar-refractivity contribution in [1.82, 2.24) is 0 Å². The van der Waals surface area contributed by atoms with Gasteiger partial charge in [-0.1, -0.05) is 13.3 Å². The first-order valence-corrected chi connectivity index (χ1v) is 6.11. The SMILES string of the molecule is CCC1CC1Nc1ccc([N+](=O)[O-])cc1Br. The standard InChI is InChI=1S/C11H13BrN2O2/c1-2-7-5-11(7)13-10-4-3-8(14(15)16)6-9(10)12/h3-4,6-7,11,13H,2,5H2,1H3. The van der Waals surface area contributed by atoms with E-state index in [-0.39, 0.29) is 10.6 Å². The molecule has 4 nitrogen and oxygen atoms in total. The molecule has 1 fully saturated rings. The smallest absolute Gasteiger partial charge is 0.270 e. The van der Waals surface area contributed by atoms with Crippen molar-refractivity contribution in [2.75, 3.05) is 5.32 Å². The molecule has 5 heteroatoms. The average Bonchev–Trinajstić information content (AvgIpc) is 2.99. The fourth-order valence-electron chi connectivity index (χ4n) is 1.81. The molecule has 0 radical (unpaired) electrons. The predicted octanol–water partition coefficient (Wildman–Crippen LogP) is 3.57. The van der Waals surface area contributed by atoms with Crippen molar-refractivity contribution in [1.29, 1.82) is 0 Å². The molecule has 86 valence electrons. The van der Waals surface area contributed by atoms with Gasteiger partial charge in [-0.25, -0.2) is 0 Å².